The Labute approximate surface area is 441 Å². The van der Waals surface area contributed by atoms with Crippen LogP contribution < -0.4 is 9.80 Å². The Balaban J connectivity index is 1.01. The molecule has 0 amide bonds. The van der Waals surface area contributed by atoms with Crippen LogP contribution in [0.1, 0.15) is 22.3 Å². The highest BCUT2D eigenvalue weighted by Gasteiger charge is 2.51. The van der Waals surface area contributed by atoms with Gasteiger partial charge in [-0.15, -0.1) is 0 Å². The Bertz CT molecular complexity index is 4490. The first-order valence-corrected chi connectivity index (χ1v) is 26.2. The molecule has 1 unspecified atom stereocenters. The van der Waals surface area contributed by atoms with Gasteiger partial charge in [0.25, 0.3) is 0 Å². The molecule has 0 radical (unpaired) electrons. The predicted octanol–water partition coefficient (Wildman–Crippen LogP) is 19.9. The number of benzene rings is 12. The SMILES string of the molecule is c1ccc(-c2ccccc2N(c2ccc3c(c2)-c2ccccc2N(c2ccccc2)c2ccccc2-3)c2ccc3c(c2)C2(c4ccccc4-c4ccccc4-3)c3ccccc3-c3c2ccc2c3oc3ccccc32)cc1. The van der Waals surface area contributed by atoms with Crippen molar-refractivity contribution in [1.82, 2.24) is 0 Å². The van der Waals surface area contributed by atoms with Gasteiger partial charge in [0.05, 0.1) is 22.5 Å². The second-order valence-corrected chi connectivity index (χ2v) is 20.2. The Morgan fingerprint density at radius 3 is 1.57 bits per heavy atom. The molecule has 13 aromatic rings. The quantitative estimate of drug-likeness (QED) is 0.171. The number of hydrogen-bond donors (Lipinski definition) is 0. The zero-order valence-corrected chi connectivity index (χ0v) is 41.4. The van der Waals surface area contributed by atoms with Gasteiger partial charge >= 0.3 is 0 Å². The fraction of sp³-hybridized carbons (Fsp3) is 0.0137. The maximum absolute atomic E-state index is 7.01. The Hall–Kier alpha value is -9.96. The molecule has 12 aromatic carbocycles. The number of nitrogens with zero attached hydrogens (tertiary/aromatic N) is 2. The molecule has 3 nitrogen and oxygen atoms in total. The number of hydrogen-bond acceptors (Lipinski definition) is 3. The molecular weight excluding hydrogens is 921 g/mol. The summed E-state index contributed by atoms with van der Waals surface area (Å²) in [6, 6.07) is 103. The number of fused-ring (bicyclic) bond motifs is 21. The summed E-state index contributed by atoms with van der Waals surface area (Å²) < 4.78 is 7.01. The van der Waals surface area contributed by atoms with E-state index in [-0.39, 0.29) is 0 Å². The van der Waals surface area contributed by atoms with Crippen LogP contribution in [-0.2, 0) is 5.41 Å². The molecule has 2 aliphatic carbocycles. The average molecular weight is 967 g/mol. The minimum absolute atomic E-state index is 0.748. The molecule has 1 atom stereocenters. The van der Waals surface area contributed by atoms with Crippen LogP contribution in [0, 0.1) is 0 Å². The van der Waals surface area contributed by atoms with E-state index in [4.69, 9.17) is 4.42 Å². The average Bonchev–Trinajstić information content (AvgIpc) is 4.18. The van der Waals surface area contributed by atoms with Crippen LogP contribution in [0.25, 0.3) is 88.7 Å². The summed E-state index contributed by atoms with van der Waals surface area (Å²) >= 11 is 0. The lowest BCUT2D eigenvalue weighted by molar-refractivity contribution is 0.669. The lowest BCUT2D eigenvalue weighted by Gasteiger charge is -2.36. The second-order valence-electron chi connectivity index (χ2n) is 20.2. The third-order valence-corrected chi connectivity index (χ3v) is 16.4. The Morgan fingerprint density at radius 1 is 0.316 bits per heavy atom. The minimum Gasteiger partial charge on any atom is -0.455 e. The number of rotatable bonds is 5. The molecule has 0 N–H and O–H groups in total. The van der Waals surface area contributed by atoms with Gasteiger partial charge in [-0.05, 0) is 127 Å². The van der Waals surface area contributed by atoms with E-state index in [0.717, 1.165) is 72.8 Å². The van der Waals surface area contributed by atoms with Gasteiger partial charge in [0.1, 0.15) is 11.2 Å². The third-order valence-electron chi connectivity index (χ3n) is 16.4. The third kappa shape index (κ3) is 5.99. The Kier molecular flexibility index (Phi) is 9.25. The molecule has 0 saturated heterocycles. The summed E-state index contributed by atoms with van der Waals surface area (Å²) in [4.78, 5) is 4.93. The van der Waals surface area contributed by atoms with Gasteiger partial charge in [0, 0.05) is 50.1 Å². The molecule has 16 rings (SSSR count). The zero-order valence-electron chi connectivity index (χ0n) is 41.4. The van der Waals surface area contributed by atoms with E-state index in [1.54, 1.807) is 0 Å². The van der Waals surface area contributed by atoms with E-state index in [1.807, 2.05) is 0 Å². The highest BCUT2D eigenvalue weighted by molar-refractivity contribution is 6.13. The van der Waals surface area contributed by atoms with Gasteiger partial charge in [-0.1, -0.05) is 218 Å². The second kappa shape index (κ2) is 16.5. The molecule has 1 spiro atoms. The summed E-state index contributed by atoms with van der Waals surface area (Å²) in [5.74, 6) is 0. The Morgan fingerprint density at radius 2 is 0.829 bits per heavy atom. The van der Waals surface area contributed by atoms with Crippen LogP contribution in [0.15, 0.2) is 283 Å². The lowest BCUT2D eigenvalue weighted by Crippen LogP contribution is -2.29. The molecular formula is C73H46N2O. The van der Waals surface area contributed by atoms with Gasteiger partial charge in [0.15, 0.2) is 0 Å². The number of furan rings is 1. The van der Waals surface area contributed by atoms with Crippen molar-refractivity contribution in [2.45, 2.75) is 5.41 Å². The molecule has 1 aliphatic heterocycles. The van der Waals surface area contributed by atoms with Gasteiger partial charge in [-0.2, -0.15) is 0 Å². The highest BCUT2D eigenvalue weighted by Crippen LogP contribution is 2.64. The topological polar surface area (TPSA) is 19.6 Å². The zero-order chi connectivity index (χ0) is 49.9. The van der Waals surface area contributed by atoms with Crippen LogP contribution in [0.3, 0.4) is 0 Å². The normalized spacial score (nSPS) is 14.3. The monoisotopic (exact) mass is 966 g/mol. The molecule has 2 heterocycles. The van der Waals surface area contributed by atoms with Crippen molar-refractivity contribution in [1.29, 1.82) is 0 Å². The molecule has 0 fully saturated rings. The molecule has 3 aliphatic rings. The first-order valence-electron chi connectivity index (χ1n) is 26.2. The summed E-state index contributed by atoms with van der Waals surface area (Å²) in [6.45, 7) is 0. The van der Waals surface area contributed by atoms with Crippen molar-refractivity contribution in [2.24, 2.45) is 0 Å². The molecule has 0 saturated carbocycles. The summed E-state index contributed by atoms with van der Waals surface area (Å²) in [6.07, 6.45) is 0. The summed E-state index contributed by atoms with van der Waals surface area (Å²) in [5, 5.41) is 2.26. The van der Waals surface area contributed by atoms with E-state index >= 15 is 0 Å². The van der Waals surface area contributed by atoms with Gasteiger partial charge < -0.3 is 14.2 Å². The van der Waals surface area contributed by atoms with Crippen molar-refractivity contribution in [3.8, 4) is 66.8 Å². The smallest absolute Gasteiger partial charge is 0.143 e. The standard InChI is InChI=1S/C73H46N2O/c1-3-21-47(22-4-1)51-25-11-17-35-67(51)74(49-39-41-54-57-29-12-18-36-68(57)75(48-23-5-2-6-24-48)69-37-19-13-30-58(69)62(54)45-49)50-40-42-56-53-27-8-7-26-52(53)55-28-9-15-33-63(55)73(66(56)46-50)64-34-16-10-32-61(64)71-65(73)44-43-60-59-31-14-20-38-70(59)76-72(60)71/h1-46H. The van der Waals surface area contributed by atoms with Crippen LogP contribution in [0.4, 0.5) is 34.1 Å². The van der Waals surface area contributed by atoms with Crippen molar-refractivity contribution in [2.75, 3.05) is 9.80 Å². The van der Waals surface area contributed by atoms with E-state index in [9.17, 15) is 0 Å². The fourth-order valence-electron chi connectivity index (χ4n) is 13.3. The van der Waals surface area contributed by atoms with Gasteiger partial charge in [0.2, 0.25) is 0 Å². The first kappa shape index (κ1) is 42.5. The molecule has 0 bridgehead atoms. The van der Waals surface area contributed by atoms with Crippen LogP contribution in [0.2, 0.25) is 0 Å². The number of anilines is 6. The van der Waals surface area contributed by atoms with Gasteiger partial charge in [-0.3, -0.25) is 0 Å². The van der Waals surface area contributed by atoms with E-state index < -0.39 is 5.41 Å². The van der Waals surface area contributed by atoms with Crippen molar-refractivity contribution in [3.63, 3.8) is 0 Å². The number of para-hydroxylation sites is 5. The fourth-order valence-corrected chi connectivity index (χ4v) is 13.3. The van der Waals surface area contributed by atoms with E-state index in [2.05, 4.69) is 289 Å². The predicted molar refractivity (Wildman–Crippen MR) is 315 cm³/mol. The summed E-state index contributed by atoms with van der Waals surface area (Å²) in [5.41, 5.74) is 26.8. The molecule has 354 valence electrons. The maximum atomic E-state index is 7.01. The highest BCUT2D eigenvalue weighted by atomic mass is 16.3. The largest absolute Gasteiger partial charge is 0.455 e. The van der Waals surface area contributed by atoms with Crippen molar-refractivity contribution in [3.05, 3.63) is 301 Å². The lowest BCUT2D eigenvalue weighted by atomic mass is 9.65. The first-order chi connectivity index (χ1) is 37.7. The van der Waals surface area contributed by atoms with Crippen LogP contribution in [0.5, 0.6) is 0 Å². The maximum Gasteiger partial charge on any atom is 0.143 e. The minimum atomic E-state index is -0.748. The van der Waals surface area contributed by atoms with E-state index in [1.165, 1.54) is 72.3 Å². The van der Waals surface area contributed by atoms with Gasteiger partial charge in [-0.25, -0.2) is 0 Å². The van der Waals surface area contributed by atoms with E-state index in [0.29, 0.717) is 0 Å². The molecule has 3 heteroatoms. The molecule has 76 heavy (non-hydrogen) atoms. The summed E-state index contributed by atoms with van der Waals surface area (Å²) in [7, 11) is 0. The molecule has 1 aromatic heterocycles. The van der Waals surface area contributed by atoms with Crippen LogP contribution in [-0.4, -0.2) is 0 Å². The van der Waals surface area contributed by atoms with Crippen molar-refractivity contribution < 1.29 is 4.42 Å². The van der Waals surface area contributed by atoms with Crippen LogP contribution >= 0.6 is 0 Å². The van der Waals surface area contributed by atoms with Crippen molar-refractivity contribution >= 4 is 56.1 Å².